The van der Waals surface area contributed by atoms with Gasteiger partial charge in [0.2, 0.25) is 5.88 Å². The number of ether oxygens (including phenoxy) is 1. The minimum absolute atomic E-state index is 0.589. The van der Waals surface area contributed by atoms with Gasteiger partial charge in [-0.2, -0.15) is 4.98 Å². The Balaban J connectivity index is 2.13. The third-order valence-electron chi connectivity index (χ3n) is 2.79. The highest BCUT2D eigenvalue weighted by Gasteiger charge is 2.17. The van der Waals surface area contributed by atoms with Crippen molar-refractivity contribution in [3.63, 3.8) is 0 Å². The smallest absolute Gasteiger partial charge is 0.233 e. The van der Waals surface area contributed by atoms with Gasteiger partial charge in [0.05, 0.1) is 19.5 Å². The molecule has 0 bridgehead atoms. The van der Waals surface area contributed by atoms with Crippen LogP contribution < -0.4 is 9.64 Å². The number of anilines is 1. The minimum Gasteiger partial charge on any atom is -0.480 e. The number of hydrogen-bond donors (Lipinski definition) is 0. The van der Waals surface area contributed by atoms with E-state index in [9.17, 15) is 0 Å². The first-order valence-electron chi connectivity index (χ1n) is 5.40. The van der Waals surface area contributed by atoms with Crippen molar-refractivity contribution >= 4 is 5.82 Å². The highest BCUT2D eigenvalue weighted by molar-refractivity contribution is 5.38. The van der Waals surface area contributed by atoms with Crippen LogP contribution in [0.4, 0.5) is 5.82 Å². The van der Waals surface area contributed by atoms with E-state index >= 15 is 0 Å². The summed E-state index contributed by atoms with van der Waals surface area (Å²) in [6.07, 6.45) is 5.99. The average Bonchev–Trinajstić information content (AvgIpc) is 2.29. The third-order valence-corrected chi connectivity index (χ3v) is 2.79. The van der Waals surface area contributed by atoms with Crippen molar-refractivity contribution in [3.8, 4) is 5.88 Å². The van der Waals surface area contributed by atoms with Gasteiger partial charge in [-0.05, 0) is 18.8 Å². The van der Waals surface area contributed by atoms with E-state index in [4.69, 9.17) is 4.74 Å². The summed E-state index contributed by atoms with van der Waals surface area (Å²) < 4.78 is 5.07. The van der Waals surface area contributed by atoms with Crippen LogP contribution in [0.15, 0.2) is 12.4 Å². The molecule has 0 aliphatic carbocycles. The Morgan fingerprint density at radius 3 is 3.07 bits per heavy atom. The normalized spacial score (nSPS) is 21.5. The Labute approximate surface area is 90.3 Å². The number of methoxy groups -OCH3 is 1. The van der Waals surface area contributed by atoms with Crippen LogP contribution >= 0.6 is 0 Å². The van der Waals surface area contributed by atoms with E-state index in [0.29, 0.717) is 5.88 Å². The molecule has 0 saturated carbocycles. The first-order valence-corrected chi connectivity index (χ1v) is 5.40. The van der Waals surface area contributed by atoms with Crippen LogP contribution in [0.1, 0.15) is 19.8 Å². The molecule has 1 aliphatic rings. The van der Waals surface area contributed by atoms with Gasteiger partial charge in [0, 0.05) is 13.1 Å². The van der Waals surface area contributed by atoms with Crippen LogP contribution in [0.5, 0.6) is 5.88 Å². The standard InChI is InChI=1S/C11H17N3O/c1-9-4-3-5-14(8-9)10-6-12-7-11(13-10)15-2/h6-7,9H,3-5,8H2,1-2H3. The topological polar surface area (TPSA) is 38.2 Å². The van der Waals surface area contributed by atoms with Crippen molar-refractivity contribution in [1.82, 2.24) is 9.97 Å². The second kappa shape index (κ2) is 4.47. The van der Waals surface area contributed by atoms with Crippen molar-refractivity contribution in [3.05, 3.63) is 12.4 Å². The van der Waals surface area contributed by atoms with Crippen molar-refractivity contribution in [2.24, 2.45) is 5.92 Å². The summed E-state index contributed by atoms with van der Waals surface area (Å²) in [4.78, 5) is 10.8. The fourth-order valence-electron chi connectivity index (χ4n) is 1.99. The molecule has 0 spiro atoms. The van der Waals surface area contributed by atoms with Gasteiger partial charge >= 0.3 is 0 Å². The van der Waals surface area contributed by atoms with Crippen LogP contribution in [-0.4, -0.2) is 30.2 Å². The summed E-state index contributed by atoms with van der Waals surface area (Å²) in [6.45, 7) is 4.42. The molecule has 0 amide bonds. The lowest BCUT2D eigenvalue weighted by Crippen LogP contribution is -2.34. The largest absolute Gasteiger partial charge is 0.480 e. The predicted molar refractivity (Wildman–Crippen MR) is 59.2 cm³/mol. The molecule has 82 valence electrons. The fourth-order valence-corrected chi connectivity index (χ4v) is 1.99. The van der Waals surface area contributed by atoms with E-state index in [-0.39, 0.29) is 0 Å². The van der Waals surface area contributed by atoms with Gasteiger partial charge in [-0.25, -0.2) is 0 Å². The lowest BCUT2D eigenvalue weighted by Gasteiger charge is -2.31. The number of hydrogen-bond acceptors (Lipinski definition) is 4. The molecule has 15 heavy (non-hydrogen) atoms. The summed E-state index contributed by atoms with van der Waals surface area (Å²) in [5, 5.41) is 0. The molecule has 1 aromatic rings. The number of aromatic nitrogens is 2. The molecule has 1 fully saturated rings. The van der Waals surface area contributed by atoms with Crippen LogP contribution in [0, 0.1) is 5.92 Å². The summed E-state index contributed by atoms with van der Waals surface area (Å²) in [6, 6.07) is 0. The zero-order valence-electron chi connectivity index (χ0n) is 9.31. The van der Waals surface area contributed by atoms with E-state index in [2.05, 4.69) is 21.8 Å². The number of rotatable bonds is 2. The van der Waals surface area contributed by atoms with Gasteiger partial charge in [0.25, 0.3) is 0 Å². The quantitative estimate of drug-likeness (QED) is 0.740. The average molecular weight is 207 g/mol. The van der Waals surface area contributed by atoms with Crippen LogP contribution in [-0.2, 0) is 0 Å². The Morgan fingerprint density at radius 2 is 2.33 bits per heavy atom. The van der Waals surface area contributed by atoms with Crippen molar-refractivity contribution in [2.45, 2.75) is 19.8 Å². The van der Waals surface area contributed by atoms with Crippen molar-refractivity contribution in [2.75, 3.05) is 25.1 Å². The summed E-state index contributed by atoms with van der Waals surface area (Å²) in [5.41, 5.74) is 0. The minimum atomic E-state index is 0.589. The molecule has 0 aromatic carbocycles. The van der Waals surface area contributed by atoms with E-state index in [1.165, 1.54) is 12.8 Å². The molecule has 2 rings (SSSR count). The van der Waals surface area contributed by atoms with Gasteiger partial charge < -0.3 is 9.64 Å². The Kier molecular flexibility index (Phi) is 3.04. The summed E-state index contributed by atoms with van der Waals surface area (Å²) in [7, 11) is 1.62. The Morgan fingerprint density at radius 1 is 1.47 bits per heavy atom. The second-order valence-corrected chi connectivity index (χ2v) is 4.11. The highest BCUT2D eigenvalue weighted by atomic mass is 16.5. The first-order chi connectivity index (χ1) is 7.29. The van der Waals surface area contributed by atoms with Crippen LogP contribution in [0.3, 0.4) is 0 Å². The van der Waals surface area contributed by atoms with E-state index < -0.39 is 0 Å². The summed E-state index contributed by atoms with van der Waals surface area (Å²) >= 11 is 0. The first kappa shape index (κ1) is 10.2. The maximum atomic E-state index is 5.07. The molecule has 1 unspecified atom stereocenters. The van der Waals surface area contributed by atoms with E-state index in [0.717, 1.165) is 24.8 Å². The van der Waals surface area contributed by atoms with E-state index in [1.54, 1.807) is 19.5 Å². The Bertz CT molecular complexity index is 329. The molecule has 0 radical (unpaired) electrons. The molecule has 2 heterocycles. The fraction of sp³-hybridized carbons (Fsp3) is 0.636. The number of piperidine rings is 1. The highest BCUT2D eigenvalue weighted by Crippen LogP contribution is 2.21. The monoisotopic (exact) mass is 207 g/mol. The SMILES string of the molecule is COc1cncc(N2CCCC(C)C2)n1. The van der Waals surface area contributed by atoms with Gasteiger partial charge in [0.1, 0.15) is 0 Å². The molecular formula is C11H17N3O. The van der Waals surface area contributed by atoms with Gasteiger partial charge in [-0.15, -0.1) is 0 Å². The predicted octanol–water partition coefficient (Wildman–Crippen LogP) is 1.72. The van der Waals surface area contributed by atoms with E-state index in [1.807, 2.05) is 0 Å². The molecule has 4 heteroatoms. The molecule has 1 aromatic heterocycles. The third kappa shape index (κ3) is 2.37. The Hall–Kier alpha value is -1.32. The second-order valence-electron chi connectivity index (χ2n) is 4.11. The molecule has 0 N–H and O–H groups in total. The summed E-state index contributed by atoms with van der Waals surface area (Å²) in [5.74, 6) is 2.26. The lowest BCUT2D eigenvalue weighted by molar-refractivity contribution is 0.393. The molecule has 1 atom stereocenters. The maximum absolute atomic E-state index is 5.07. The molecule has 4 nitrogen and oxygen atoms in total. The van der Waals surface area contributed by atoms with Crippen LogP contribution in [0.2, 0.25) is 0 Å². The van der Waals surface area contributed by atoms with Crippen molar-refractivity contribution in [1.29, 1.82) is 0 Å². The molecule has 1 saturated heterocycles. The van der Waals surface area contributed by atoms with Gasteiger partial charge in [0.15, 0.2) is 5.82 Å². The van der Waals surface area contributed by atoms with Gasteiger partial charge in [-0.1, -0.05) is 6.92 Å². The lowest BCUT2D eigenvalue weighted by atomic mass is 10.0. The number of nitrogens with zero attached hydrogens (tertiary/aromatic N) is 3. The van der Waals surface area contributed by atoms with Crippen LogP contribution in [0.25, 0.3) is 0 Å². The maximum Gasteiger partial charge on any atom is 0.233 e. The van der Waals surface area contributed by atoms with Gasteiger partial charge in [-0.3, -0.25) is 4.98 Å². The zero-order chi connectivity index (χ0) is 10.7. The molecular weight excluding hydrogens is 190 g/mol. The zero-order valence-corrected chi connectivity index (χ0v) is 9.31. The van der Waals surface area contributed by atoms with Crippen molar-refractivity contribution < 1.29 is 4.74 Å². The molecule has 1 aliphatic heterocycles.